The van der Waals surface area contributed by atoms with Gasteiger partial charge in [-0.1, -0.05) is 36.4 Å². The lowest BCUT2D eigenvalue weighted by atomic mass is 10.1. The molecule has 1 heterocycles. The number of carboxylic acid groups (broad SMARTS) is 1. The summed E-state index contributed by atoms with van der Waals surface area (Å²) in [5.74, 6) is -0.410. The zero-order chi connectivity index (χ0) is 14.8. The van der Waals surface area contributed by atoms with Gasteiger partial charge >= 0.3 is 5.97 Å². The van der Waals surface area contributed by atoms with E-state index in [4.69, 9.17) is 4.42 Å². The number of furan rings is 1. The van der Waals surface area contributed by atoms with Gasteiger partial charge in [0, 0.05) is 21.6 Å². The van der Waals surface area contributed by atoms with E-state index in [2.05, 4.69) is 0 Å². The van der Waals surface area contributed by atoms with E-state index in [1.54, 1.807) is 17.8 Å². The number of para-hydroxylation sites is 1. The van der Waals surface area contributed by atoms with Gasteiger partial charge < -0.3 is 9.52 Å². The Morgan fingerprint density at radius 3 is 2.62 bits per heavy atom. The van der Waals surface area contributed by atoms with Gasteiger partial charge in [-0.3, -0.25) is 0 Å². The highest BCUT2D eigenvalue weighted by Crippen LogP contribution is 2.33. The Hall–Kier alpha value is -2.20. The van der Waals surface area contributed by atoms with Gasteiger partial charge in [0.05, 0.1) is 0 Å². The fourth-order valence-electron chi connectivity index (χ4n) is 2.28. The molecule has 3 nitrogen and oxygen atoms in total. The number of carbonyl (C=O) groups is 1. The summed E-state index contributed by atoms with van der Waals surface area (Å²) in [6.45, 7) is 2.05. The largest absolute Gasteiger partial charge is 0.475 e. The molecule has 3 rings (SSSR count). The first-order valence-electron chi connectivity index (χ1n) is 6.59. The van der Waals surface area contributed by atoms with Crippen LogP contribution in [-0.2, 0) is 5.75 Å². The maximum Gasteiger partial charge on any atom is 0.372 e. The van der Waals surface area contributed by atoms with Crippen molar-refractivity contribution in [2.24, 2.45) is 0 Å². The van der Waals surface area contributed by atoms with Crippen molar-refractivity contribution >= 4 is 28.7 Å². The summed E-state index contributed by atoms with van der Waals surface area (Å²) < 4.78 is 5.47. The van der Waals surface area contributed by atoms with Crippen molar-refractivity contribution in [1.82, 2.24) is 0 Å². The molecule has 0 saturated carbocycles. The summed E-state index contributed by atoms with van der Waals surface area (Å²) >= 11 is 1.63. The van der Waals surface area contributed by atoms with Crippen molar-refractivity contribution in [3.05, 3.63) is 65.4 Å². The highest BCUT2D eigenvalue weighted by Gasteiger charge is 2.19. The Kier molecular flexibility index (Phi) is 3.71. The standard InChI is InChI=1S/C17H14O3S/c1-11-6-2-5-9-15(11)21-10-13-12-7-3-4-8-14(12)20-16(13)17(18)19/h2-9H,10H2,1H3,(H,18,19). The van der Waals surface area contributed by atoms with Gasteiger partial charge in [0.2, 0.25) is 5.76 Å². The minimum Gasteiger partial charge on any atom is -0.475 e. The number of thioether (sulfide) groups is 1. The normalized spacial score (nSPS) is 10.9. The van der Waals surface area contributed by atoms with E-state index in [-0.39, 0.29) is 5.76 Å². The van der Waals surface area contributed by atoms with Gasteiger partial charge in [0.25, 0.3) is 0 Å². The first-order chi connectivity index (χ1) is 10.2. The molecular formula is C17H14O3S. The van der Waals surface area contributed by atoms with Gasteiger partial charge in [-0.2, -0.15) is 0 Å². The van der Waals surface area contributed by atoms with Gasteiger partial charge in [-0.05, 0) is 24.6 Å². The van der Waals surface area contributed by atoms with Crippen LogP contribution >= 0.6 is 11.8 Å². The second-order valence-corrected chi connectivity index (χ2v) is 5.78. The fourth-order valence-corrected chi connectivity index (χ4v) is 3.34. The fraction of sp³-hybridized carbons (Fsp3) is 0.118. The van der Waals surface area contributed by atoms with Crippen LogP contribution in [0.1, 0.15) is 21.7 Å². The quantitative estimate of drug-likeness (QED) is 0.707. The minimum absolute atomic E-state index is 0.0392. The van der Waals surface area contributed by atoms with Crippen LogP contribution in [-0.4, -0.2) is 11.1 Å². The number of aromatic carboxylic acids is 1. The first kappa shape index (κ1) is 13.8. The highest BCUT2D eigenvalue weighted by atomic mass is 32.2. The van der Waals surface area contributed by atoms with Crippen molar-refractivity contribution in [2.75, 3.05) is 0 Å². The number of rotatable bonds is 4. The molecule has 106 valence electrons. The molecule has 0 aliphatic rings. The van der Waals surface area contributed by atoms with Crippen LogP contribution in [0.5, 0.6) is 0 Å². The Bertz CT molecular complexity index is 805. The number of carboxylic acids is 1. The molecule has 1 aromatic heterocycles. The number of benzene rings is 2. The molecule has 3 aromatic rings. The van der Waals surface area contributed by atoms with Crippen LogP contribution in [0.25, 0.3) is 11.0 Å². The molecule has 0 aliphatic carbocycles. The third kappa shape index (κ3) is 2.67. The summed E-state index contributed by atoms with van der Waals surface area (Å²) in [6.07, 6.45) is 0. The van der Waals surface area contributed by atoms with E-state index in [1.165, 1.54) is 5.56 Å². The minimum atomic E-state index is -1.02. The molecular weight excluding hydrogens is 284 g/mol. The summed E-state index contributed by atoms with van der Waals surface area (Å²) in [7, 11) is 0. The highest BCUT2D eigenvalue weighted by molar-refractivity contribution is 7.98. The number of hydrogen-bond donors (Lipinski definition) is 1. The zero-order valence-corrected chi connectivity index (χ0v) is 12.3. The van der Waals surface area contributed by atoms with E-state index in [1.807, 2.05) is 49.4 Å². The smallest absolute Gasteiger partial charge is 0.372 e. The van der Waals surface area contributed by atoms with Crippen LogP contribution in [0.2, 0.25) is 0 Å². The first-order valence-corrected chi connectivity index (χ1v) is 7.57. The third-order valence-electron chi connectivity index (χ3n) is 3.36. The Labute approximate surface area is 126 Å². The van der Waals surface area contributed by atoms with Gasteiger partial charge in [0.1, 0.15) is 5.58 Å². The molecule has 0 aliphatic heterocycles. The number of aryl methyl sites for hydroxylation is 1. The molecule has 2 aromatic carbocycles. The third-order valence-corrected chi connectivity index (χ3v) is 4.56. The van der Waals surface area contributed by atoms with Crippen molar-refractivity contribution in [3.8, 4) is 0 Å². The van der Waals surface area contributed by atoms with E-state index in [0.29, 0.717) is 11.3 Å². The molecule has 0 spiro atoms. The average Bonchev–Trinajstić information content (AvgIpc) is 2.85. The van der Waals surface area contributed by atoms with Crippen LogP contribution < -0.4 is 0 Å². The summed E-state index contributed by atoms with van der Waals surface area (Å²) in [4.78, 5) is 12.5. The lowest BCUT2D eigenvalue weighted by Crippen LogP contribution is -1.98. The predicted molar refractivity (Wildman–Crippen MR) is 83.9 cm³/mol. The van der Waals surface area contributed by atoms with E-state index in [0.717, 1.165) is 15.8 Å². The summed E-state index contributed by atoms with van der Waals surface area (Å²) in [5.41, 5.74) is 2.55. The van der Waals surface area contributed by atoms with Crippen molar-refractivity contribution < 1.29 is 14.3 Å². The maximum atomic E-state index is 11.4. The SMILES string of the molecule is Cc1ccccc1SCc1c(C(=O)O)oc2ccccc12. The van der Waals surface area contributed by atoms with Crippen LogP contribution in [0, 0.1) is 6.92 Å². The maximum absolute atomic E-state index is 11.4. The zero-order valence-electron chi connectivity index (χ0n) is 11.5. The molecule has 0 unspecified atom stereocenters. The lowest BCUT2D eigenvalue weighted by molar-refractivity contribution is 0.0664. The monoisotopic (exact) mass is 298 g/mol. The summed E-state index contributed by atoms with van der Waals surface area (Å²) in [5, 5.41) is 10.2. The Morgan fingerprint density at radius 1 is 1.14 bits per heavy atom. The van der Waals surface area contributed by atoms with Crippen molar-refractivity contribution in [3.63, 3.8) is 0 Å². The van der Waals surface area contributed by atoms with Crippen LogP contribution in [0.4, 0.5) is 0 Å². The molecule has 1 N–H and O–H groups in total. The van der Waals surface area contributed by atoms with E-state index in [9.17, 15) is 9.90 Å². The van der Waals surface area contributed by atoms with Crippen LogP contribution in [0.3, 0.4) is 0 Å². The van der Waals surface area contributed by atoms with E-state index < -0.39 is 5.97 Å². The number of fused-ring (bicyclic) bond motifs is 1. The van der Waals surface area contributed by atoms with Gasteiger partial charge in [0.15, 0.2) is 0 Å². The van der Waals surface area contributed by atoms with Gasteiger partial charge in [-0.25, -0.2) is 4.79 Å². The van der Waals surface area contributed by atoms with Crippen molar-refractivity contribution in [2.45, 2.75) is 17.6 Å². The molecule has 4 heteroatoms. The molecule has 21 heavy (non-hydrogen) atoms. The predicted octanol–water partition coefficient (Wildman–Crippen LogP) is 4.73. The molecule has 0 bridgehead atoms. The molecule has 0 atom stereocenters. The second-order valence-electron chi connectivity index (χ2n) is 4.77. The molecule has 0 fully saturated rings. The van der Waals surface area contributed by atoms with Gasteiger partial charge in [-0.15, -0.1) is 11.8 Å². The van der Waals surface area contributed by atoms with Crippen molar-refractivity contribution in [1.29, 1.82) is 0 Å². The summed E-state index contributed by atoms with van der Waals surface area (Å²) in [6, 6.07) is 15.5. The number of hydrogen-bond acceptors (Lipinski definition) is 3. The van der Waals surface area contributed by atoms with Crippen LogP contribution in [0.15, 0.2) is 57.8 Å². The molecule has 0 saturated heterocycles. The van der Waals surface area contributed by atoms with E-state index >= 15 is 0 Å². The Morgan fingerprint density at radius 2 is 1.86 bits per heavy atom. The average molecular weight is 298 g/mol. The molecule has 0 radical (unpaired) electrons. The topological polar surface area (TPSA) is 50.4 Å². The Balaban J connectivity index is 1.98. The second kappa shape index (κ2) is 5.66. The lowest BCUT2D eigenvalue weighted by Gasteiger charge is -2.05. The molecule has 0 amide bonds.